The molecule has 2 rings (SSSR count). The maximum absolute atomic E-state index is 12.3. The van der Waals surface area contributed by atoms with Crippen LogP contribution in [-0.4, -0.2) is 56.8 Å². The predicted octanol–water partition coefficient (Wildman–Crippen LogP) is 0.0942. The third-order valence-electron chi connectivity index (χ3n) is 3.99. The van der Waals surface area contributed by atoms with Crippen molar-refractivity contribution < 1.29 is 18.3 Å². The lowest BCUT2D eigenvalue weighted by atomic mass is 10.0. The Bertz CT molecular complexity index is 368. The summed E-state index contributed by atoms with van der Waals surface area (Å²) < 4.78 is 33.9. The Kier molecular flexibility index (Phi) is 5.58. The first-order valence-corrected chi connectivity index (χ1v) is 8.52. The van der Waals surface area contributed by atoms with Gasteiger partial charge in [0.1, 0.15) is 0 Å². The number of ether oxygens (including phenoxy) is 1. The molecular formula is C12H24N2O4S. The van der Waals surface area contributed by atoms with Crippen LogP contribution in [0, 0.1) is 5.92 Å². The Morgan fingerprint density at radius 2 is 1.95 bits per heavy atom. The first-order valence-electron chi connectivity index (χ1n) is 7.08. The highest BCUT2D eigenvalue weighted by Gasteiger charge is 2.32. The van der Waals surface area contributed by atoms with Gasteiger partial charge in [-0.2, -0.15) is 12.7 Å². The van der Waals surface area contributed by atoms with E-state index in [9.17, 15) is 13.5 Å². The molecule has 2 saturated heterocycles. The van der Waals surface area contributed by atoms with Crippen LogP contribution in [0.5, 0.6) is 0 Å². The minimum atomic E-state index is -3.46. The van der Waals surface area contributed by atoms with Crippen molar-refractivity contribution in [2.75, 3.05) is 32.9 Å². The monoisotopic (exact) mass is 292 g/mol. The maximum Gasteiger partial charge on any atom is 0.279 e. The topological polar surface area (TPSA) is 78.9 Å². The second-order valence-corrected chi connectivity index (χ2v) is 7.06. The summed E-state index contributed by atoms with van der Waals surface area (Å²) >= 11 is 0. The minimum Gasteiger partial charge on any atom is -0.395 e. The molecule has 0 aromatic carbocycles. The van der Waals surface area contributed by atoms with Crippen molar-refractivity contribution in [1.82, 2.24) is 9.03 Å². The number of aliphatic hydroxyl groups is 1. The van der Waals surface area contributed by atoms with Gasteiger partial charge in [-0.1, -0.05) is 6.42 Å². The number of piperidine rings is 1. The summed E-state index contributed by atoms with van der Waals surface area (Å²) in [6.45, 7) is 2.32. The Balaban J connectivity index is 1.89. The second-order valence-electron chi connectivity index (χ2n) is 5.35. The highest BCUT2D eigenvalue weighted by Crippen LogP contribution is 2.20. The molecule has 0 amide bonds. The first-order chi connectivity index (χ1) is 9.13. The molecule has 0 saturated carbocycles. The maximum atomic E-state index is 12.3. The van der Waals surface area contributed by atoms with E-state index < -0.39 is 10.2 Å². The molecule has 1 atom stereocenters. The normalized spacial score (nSPS) is 27.5. The summed E-state index contributed by atoms with van der Waals surface area (Å²) in [6, 6.07) is -0.263. The van der Waals surface area contributed by atoms with Gasteiger partial charge in [0.25, 0.3) is 10.2 Å². The molecule has 0 bridgehead atoms. The van der Waals surface area contributed by atoms with E-state index >= 15 is 0 Å². The van der Waals surface area contributed by atoms with E-state index in [0.717, 1.165) is 45.3 Å². The summed E-state index contributed by atoms with van der Waals surface area (Å²) in [7, 11) is -3.46. The van der Waals surface area contributed by atoms with Crippen molar-refractivity contribution >= 4 is 10.2 Å². The second kappa shape index (κ2) is 6.99. The zero-order chi connectivity index (χ0) is 13.7. The fraction of sp³-hybridized carbons (Fsp3) is 1.00. The molecule has 0 spiro atoms. The third kappa shape index (κ3) is 4.13. The Labute approximate surface area is 115 Å². The van der Waals surface area contributed by atoms with Gasteiger partial charge < -0.3 is 9.84 Å². The zero-order valence-corrected chi connectivity index (χ0v) is 12.1. The summed E-state index contributed by atoms with van der Waals surface area (Å²) in [5, 5.41) is 9.29. The number of hydrogen-bond acceptors (Lipinski definition) is 4. The van der Waals surface area contributed by atoms with Crippen LogP contribution in [0.25, 0.3) is 0 Å². The van der Waals surface area contributed by atoms with E-state index in [4.69, 9.17) is 4.74 Å². The van der Waals surface area contributed by atoms with Crippen molar-refractivity contribution in [3.8, 4) is 0 Å². The molecule has 6 nitrogen and oxygen atoms in total. The highest BCUT2D eigenvalue weighted by molar-refractivity contribution is 7.87. The molecule has 2 fully saturated rings. The van der Waals surface area contributed by atoms with Crippen LogP contribution < -0.4 is 4.72 Å². The van der Waals surface area contributed by atoms with Gasteiger partial charge in [-0.05, 0) is 31.6 Å². The number of nitrogens with zero attached hydrogens (tertiary/aromatic N) is 1. The summed E-state index contributed by atoms with van der Waals surface area (Å²) in [6.07, 6.45) is 4.42. The summed E-state index contributed by atoms with van der Waals surface area (Å²) in [5.74, 6) is 0.362. The van der Waals surface area contributed by atoms with Crippen LogP contribution in [0.2, 0.25) is 0 Å². The third-order valence-corrected chi connectivity index (χ3v) is 5.62. The molecule has 0 radical (unpaired) electrons. The predicted molar refractivity (Wildman–Crippen MR) is 71.9 cm³/mol. The Morgan fingerprint density at radius 1 is 1.21 bits per heavy atom. The molecule has 1 unspecified atom stereocenters. The Morgan fingerprint density at radius 3 is 2.63 bits per heavy atom. The van der Waals surface area contributed by atoms with E-state index in [-0.39, 0.29) is 12.6 Å². The van der Waals surface area contributed by atoms with Crippen molar-refractivity contribution in [3.63, 3.8) is 0 Å². The lowest BCUT2D eigenvalue weighted by Crippen LogP contribution is -2.51. The van der Waals surface area contributed by atoms with Gasteiger partial charge in [-0.3, -0.25) is 0 Å². The molecule has 2 heterocycles. The minimum absolute atomic E-state index is 0.0990. The number of nitrogens with one attached hydrogen (secondary N) is 1. The largest absolute Gasteiger partial charge is 0.395 e. The molecule has 0 aromatic rings. The molecule has 0 aromatic heterocycles. The van der Waals surface area contributed by atoms with Gasteiger partial charge in [-0.15, -0.1) is 0 Å². The summed E-state index contributed by atoms with van der Waals surface area (Å²) in [4.78, 5) is 0. The zero-order valence-electron chi connectivity index (χ0n) is 11.3. The lowest BCUT2D eigenvalue weighted by molar-refractivity contribution is 0.0675. The van der Waals surface area contributed by atoms with Crippen molar-refractivity contribution in [1.29, 1.82) is 0 Å². The fourth-order valence-electron chi connectivity index (χ4n) is 2.73. The molecule has 2 aliphatic rings. The average Bonchev–Trinajstić information content (AvgIpc) is 2.46. The fourth-order valence-corrected chi connectivity index (χ4v) is 4.28. The van der Waals surface area contributed by atoms with Gasteiger partial charge in [0.15, 0.2) is 0 Å². The van der Waals surface area contributed by atoms with E-state index in [2.05, 4.69) is 4.72 Å². The van der Waals surface area contributed by atoms with Crippen molar-refractivity contribution in [2.45, 2.75) is 38.1 Å². The van der Waals surface area contributed by atoms with E-state index in [1.807, 2.05) is 0 Å². The van der Waals surface area contributed by atoms with E-state index in [1.165, 1.54) is 4.31 Å². The number of aliphatic hydroxyl groups excluding tert-OH is 1. The highest BCUT2D eigenvalue weighted by atomic mass is 32.2. The van der Waals surface area contributed by atoms with Gasteiger partial charge in [0, 0.05) is 32.3 Å². The quantitative estimate of drug-likeness (QED) is 0.753. The first kappa shape index (κ1) is 15.2. The van der Waals surface area contributed by atoms with Gasteiger partial charge >= 0.3 is 0 Å². The average molecular weight is 292 g/mol. The Hall–Kier alpha value is -0.210. The van der Waals surface area contributed by atoms with Crippen molar-refractivity contribution in [3.05, 3.63) is 0 Å². The lowest BCUT2D eigenvalue weighted by Gasteiger charge is -2.34. The smallest absolute Gasteiger partial charge is 0.279 e. The van der Waals surface area contributed by atoms with Gasteiger partial charge in [0.05, 0.1) is 6.61 Å². The SMILES string of the molecule is O=S(=O)(NCC1CCOCC1)N1CCCCC1CO. The van der Waals surface area contributed by atoms with Crippen LogP contribution in [0.15, 0.2) is 0 Å². The molecule has 0 aliphatic carbocycles. The van der Waals surface area contributed by atoms with Crippen LogP contribution in [0.3, 0.4) is 0 Å². The standard InChI is InChI=1S/C12H24N2O4S/c15-10-12-3-1-2-6-14(12)19(16,17)13-9-11-4-7-18-8-5-11/h11-13,15H,1-10H2. The summed E-state index contributed by atoms with van der Waals surface area (Å²) in [5.41, 5.74) is 0. The van der Waals surface area contributed by atoms with Crippen molar-refractivity contribution in [2.24, 2.45) is 5.92 Å². The van der Waals surface area contributed by atoms with Gasteiger partial charge in [0.2, 0.25) is 0 Å². The molecule has 112 valence electrons. The molecular weight excluding hydrogens is 268 g/mol. The number of hydrogen-bond donors (Lipinski definition) is 2. The van der Waals surface area contributed by atoms with E-state index in [1.54, 1.807) is 0 Å². The molecule has 7 heteroatoms. The molecule has 2 N–H and O–H groups in total. The van der Waals surface area contributed by atoms with Crippen LogP contribution in [-0.2, 0) is 14.9 Å². The van der Waals surface area contributed by atoms with Crippen LogP contribution >= 0.6 is 0 Å². The van der Waals surface area contributed by atoms with Crippen LogP contribution in [0.4, 0.5) is 0 Å². The van der Waals surface area contributed by atoms with E-state index in [0.29, 0.717) is 19.0 Å². The molecule has 19 heavy (non-hydrogen) atoms. The van der Waals surface area contributed by atoms with Crippen LogP contribution in [0.1, 0.15) is 32.1 Å². The number of rotatable bonds is 5. The molecule has 2 aliphatic heterocycles. The van der Waals surface area contributed by atoms with Gasteiger partial charge in [-0.25, -0.2) is 4.72 Å².